The second-order valence-corrected chi connectivity index (χ2v) is 9.02. The summed E-state index contributed by atoms with van der Waals surface area (Å²) in [6, 6.07) is 4.95. The normalized spacial score (nSPS) is 18.0. The van der Waals surface area contributed by atoms with Gasteiger partial charge in [-0.2, -0.15) is 0 Å². The van der Waals surface area contributed by atoms with Gasteiger partial charge in [-0.3, -0.25) is 0 Å². The summed E-state index contributed by atoms with van der Waals surface area (Å²) in [6.45, 7) is 5.09. The number of anilines is 2. The molecule has 4 amide bonds. The lowest BCUT2D eigenvalue weighted by Crippen LogP contribution is -2.51. The lowest BCUT2D eigenvalue weighted by atomic mass is 9.96. The number of rotatable bonds is 5. The van der Waals surface area contributed by atoms with Gasteiger partial charge in [0, 0.05) is 44.0 Å². The summed E-state index contributed by atoms with van der Waals surface area (Å²) < 4.78 is 14.4. The van der Waals surface area contributed by atoms with E-state index in [-0.39, 0.29) is 36.0 Å². The number of urea groups is 2. The molecule has 0 unspecified atom stereocenters. The molecule has 7 nitrogen and oxygen atoms in total. The molecular weight excluding hydrogens is 397 g/mol. The third-order valence-corrected chi connectivity index (χ3v) is 6.41. The molecular formula is C23H36FN5O2. The van der Waals surface area contributed by atoms with Crippen LogP contribution in [0.15, 0.2) is 18.2 Å². The molecule has 3 N–H and O–H groups in total. The van der Waals surface area contributed by atoms with Gasteiger partial charge in [0.1, 0.15) is 5.82 Å². The number of carbonyl (C=O) groups excluding carboxylic acids is 2. The van der Waals surface area contributed by atoms with E-state index in [1.165, 1.54) is 25.3 Å². The van der Waals surface area contributed by atoms with Crippen LogP contribution in [0.2, 0.25) is 0 Å². The summed E-state index contributed by atoms with van der Waals surface area (Å²) in [5.41, 5.74) is 0.946. The standard InChI is InChI=1S/C23H36FN5O2/c1-16(2)28(3)21-10-9-19(15-20(21)24)27-23(31)29-13-11-18(12-14-29)26-22(30)25-17-7-5-4-6-8-17/h9-10,15-18H,4-8,11-14H2,1-3H3,(H,27,31)(H2,25,26,30). The number of piperidine rings is 1. The molecule has 0 atom stereocenters. The molecule has 3 rings (SSSR count). The van der Waals surface area contributed by atoms with Crippen molar-refractivity contribution in [2.45, 2.75) is 76.9 Å². The summed E-state index contributed by atoms with van der Waals surface area (Å²) in [4.78, 5) is 28.4. The first-order valence-corrected chi connectivity index (χ1v) is 11.5. The number of hydrogen-bond acceptors (Lipinski definition) is 3. The highest BCUT2D eigenvalue weighted by molar-refractivity contribution is 5.89. The minimum Gasteiger partial charge on any atom is -0.370 e. The second kappa shape index (κ2) is 10.7. The highest BCUT2D eigenvalue weighted by Gasteiger charge is 2.25. The van der Waals surface area contributed by atoms with E-state index in [4.69, 9.17) is 0 Å². The van der Waals surface area contributed by atoms with E-state index in [0.29, 0.717) is 37.3 Å². The predicted molar refractivity (Wildman–Crippen MR) is 122 cm³/mol. The zero-order valence-electron chi connectivity index (χ0n) is 18.9. The molecule has 1 saturated heterocycles. The Kier molecular flexibility index (Phi) is 7.98. The zero-order valence-corrected chi connectivity index (χ0v) is 18.9. The number of halogens is 1. The van der Waals surface area contributed by atoms with Crippen molar-refractivity contribution in [1.29, 1.82) is 0 Å². The van der Waals surface area contributed by atoms with E-state index in [9.17, 15) is 14.0 Å². The van der Waals surface area contributed by atoms with Gasteiger partial charge in [0.2, 0.25) is 0 Å². The molecule has 1 aromatic rings. The van der Waals surface area contributed by atoms with Gasteiger partial charge >= 0.3 is 12.1 Å². The van der Waals surface area contributed by atoms with Crippen LogP contribution in [0, 0.1) is 5.82 Å². The summed E-state index contributed by atoms with van der Waals surface area (Å²) in [5.74, 6) is -0.360. The van der Waals surface area contributed by atoms with E-state index in [1.807, 2.05) is 25.8 Å². The Labute approximate surface area is 184 Å². The van der Waals surface area contributed by atoms with Crippen LogP contribution in [0.1, 0.15) is 58.8 Å². The number of likely N-dealkylation sites (tertiary alicyclic amines) is 1. The SMILES string of the molecule is CC(C)N(C)c1ccc(NC(=O)N2CCC(NC(=O)NC3CCCCC3)CC2)cc1F. The number of amides is 4. The van der Waals surface area contributed by atoms with Gasteiger partial charge in [0.05, 0.1) is 5.69 Å². The maximum Gasteiger partial charge on any atom is 0.321 e. The molecule has 0 aromatic heterocycles. The molecule has 0 bridgehead atoms. The van der Waals surface area contributed by atoms with Crippen LogP contribution in [-0.2, 0) is 0 Å². The molecule has 31 heavy (non-hydrogen) atoms. The Morgan fingerprint density at radius 2 is 1.65 bits per heavy atom. The Bertz CT molecular complexity index is 758. The number of nitrogens with zero attached hydrogens (tertiary/aromatic N) is 2. The van der Waals surface area contributed by atoms with Crippen molar-refractivity contribution in [2.75, 3.05) is 30.4 Å². The smallest absolute Gasteiger partial charge is 0.321 e. The highest BCUT2D eigenvalue weighted by Crippen LogP contribution is 2.24. The first-order valence-electron chi connectivity index (χ1n) is 11.5. The number of nitrogens with one attached hydrogen (secondary N) is 3. The van der Waals surface area contributed by atoms with Crippen LogP contribution in [0.3, 0.4) is 0 Å². The fraction of sp³-hybridized carbons (Fsp3) is 0.652. The minimum atomic E-state index is -0.360. The number of benzene rings is 1. The molecule has 2 fully saturated rings. The van der Waals surface area contributed by atoms with Crippen LogP contribution in [0.4, 0.5) is 25.4 Å². The molecule has 8 heteroatoms. The lowest BCUT2D eigenvalue weighted by molar-refractivity contribution is 0.186. The van der Waals surface area contributed by atoms with E-state index >= 15 is 0 Å². The fourth-order valence-electron chi connectivity index (χ4n) is 4.24. The van der Waals surface area contributed by atoms with Crippen molar-refractivity contribution in [2.24, 2.45) is 0 Å². The van der Waals surface area contributed by atoms with Crippen molar-refractivity contribution in [1.82, 2.24) is 15.5 Å². The van der Waals surface area contributed by atoms with Crippen LogP contribution >= 0.6 is 0 Å². The van der Waals surface area contributed by atoms with Gasteiger partial charge in [0.25, 0.3) is 0 Å². The van der Waals surface area contributed by atoms with Gasteiger partial charge in [0.15, 0.2) is 0 Å². The Morgan fingerprint density at radius 1 is 1.03 bits per heavy atom. The van der Waals surface area contributed by atoms with Crippen LogP contribution in [0.5, 0.6) is 0 Å². The molecule has 172 valence electrons. The summed E-state index contributed by atoms with van der Waals surface area (Å²) in [7, 11) is 1.84. The largest absolute Gasteiger partial charge is 0.370 e. The molecule has 1 aliphatic heterocycles. The fourth-order valence-corrected chi connectivity index (χ4v) is 4.24. The Balaban J connectivity index is 1.43. The van der Waals surface area contributed by atoms with Gasteiger partial charge in [-0.25, -0.2) is 14.0 Å². The van der Waals surface area contributed by atoms with Gasteiger partial charge in [-0.1, -0.05) is 19.3 Å². The average molecular weight is 434 g/mol. The van der Waals surface area contributed by atoms with Crippen molar-refractivity contribution >= 4 is 23.4 Å². The molecule has 0 radical (unpaired) electrons. The third-order valence-electron chi connectivity index (χ3n) is 6.41. The summed E-state index contributed by atoms with van der Waals surface area (Å²) in [6.07, 6.45) is 7.14. The van der Waals surface area contributed by atoms with Gasteiger partial charge < -0.3 is 25.8 Å². The summed E-state index contributed by atoms with van der Waals surface area (Å²) >= 11 is 0. The zero-order chi connectivity index (χ0) is 22.4. The van der Waals surface area contributed by atoms with Crippen LogP contribution < -0.4 is 20.9 Å². The maximum absolute atomic E-state index is 14.4. The van der Waals surface area contributed by atoms with Crippen molar-refractivity contribution in [3.63, 3.8) is 0 Å². The first kappa shape index (κ1) is 23.2. The molecule has 2 aliphatic rings. The van der Waals surface area contributed by atoms with Crippen molar-refractivity contribution in [3.8, 4) is 0 Å². The Hall–Kier alpha value is -2.51. The average Bonchev–Trinajstić information content (AvgIpc) is 2.74. The molecule has 1 aromatic carbocycles. The highest BCUT2D eigenvalue weighted by atomic mass is 19.1. The van der Waals surface area contributed by atoms with E-state index in [1.54, 1.807) is 17.0 Å². The second-order valence-electron chi connectivity index (χ2n) is 9.02. The van der Waals surface area contributed by atoms with Crippen molar-refractivity contribution < 1.29 is 14.0 Å². The number of hydrogen-bond donors (Lipinski definition) is 3. The monoisotopic (exact) mass is 433 g/mol. The van der Waals surface area contributed by atoms with Crippen molar-refractivity contribution in [3.05, 3.63) is 24.0 Å². The quantitative estimate of drug-likeness (QED) is 0.648. The number of carbonyl (C=O) groups is 2. The first-order chi connectivity index (χ1) is 14.8. The molecule has 1 saturated carbocycles. The van der Waals surface area contributed by atoms with E-state index in [2.05, 4.69) is 16.0 Å². The topological polar surface area (TPSA) is 76.7 Å². The molecule has 1 aliphatic carbocycles. The maximum atomic E-state index is 14.4. The van der Waals surface area contributed by atoms with Gasteiger partial charge in [-0.05, 0) is 57.7 Å². The van der Waals surface area contributed by atoms with Crippen LogP contribution in [-0.4, -0.2) is 55.2 Å². The molecule has 0 spiro atoms. The lowest BCUT2D eigenvalue weighted by Gasteiger charge is -2.33. The predicted octanol–water partition coefficient (Wildman–Crippen LogP) is 4.30. The molecule has 1 heterocycles. The van der Waals surface area contributed by atoms with Gasteiger partial charge in [-0.15, -0.1) is 0 Å². The Morgan fingerprint density at radius 3 is 2.23 bits per heavy atom. The van der Waals surface area contributed by atoms with E-state index < -0.39 is 0 Å². The minimum absolute atomic E-state index is 0.0657. The third kappa shape index (κ3) is 6.48. The van der Waals surface area contributed by atoms with E-state index in [0.717, 1.165) is 12.8 Å². The van der Waals surface area contributed by atoms with Crippen LogP contribution in [0.25, 0.3) is 0 Å². The summed E-state index contributed by atoms with van der Waals surface area (Å²) in [5, 5.41) is 8.91.